The van der Waals surface area contributed by atoms with E-state index in [1.54, 1.807) is 14.1 Å². The summed E-state index contributed by atoms with van der Waals surface area (Å²) in [5.74, 6) is -6.82. The molecule has 4 rings (SSSR count). The van der Waals surface area contributed by atoms with Gasteiger partial charge in [0.2, 0.25) is 5.78 Å². The molecule has 176 valence electrons. The molecule has 33 heavy (non-hydrogen) atoms. The molecule has 0 radical (unpaired) electrons. The maximum atomic E-state index is 13.8. The van der Waals surface area contributed by atoms with Gasteiger partial charge < -0.3 is 25.5 Å². The van der Waals surface area contributed by atoms with E-state index in [0.29, 0.717) is 0 Å². The Kier molecular flexibility index (Phi) is 5.08. The smallest absolute Gasteiger partial charge is 0.202 e. The number of benzene rings is 1. The molecule has 9 heteroatoms. The summed E-state index contributed by atoms with van der Waals surface area (Å²) in [6, 6.07) is 3.16. The molecule has 1 aromatic carbocycles. The number of hydrogen-bond donors (Lipinski definition) is 5. The first-order chi connectivity index (χ1) is 15.3. The molecule has 3 aliphatic rings. The van der Waals surface area contributed by atoms with Crippen molar-refractivity contribution in [3.05, 3.63) is 46.2 Å². The van der Waals surface area contributed by atoms with Gasteiger partial charge in [0.15, 0.2) is 17.2 Å². The fourth-order valence-electron chi connectivity index (χ4n) is 5.71. The molecule has 0 bridgehead atoms. The minimum absolute atomic E-state index is 0.132. The number of Topliss-reactive ketones (excluding diaryl/α,β-unsaturated/α-hetero) is 3. The average Bonchev–Trinajstić information content (AvgIpc) is 2.74. The number of hydrogen-bond acceptors (Lipinski definition) is 9. The second kappa shape index (κ2) is 7.24. The number of aliphatic hydroxyl groups is 4. The third-order valence-electron chi connectivity index (χ3n) is 7.37. The van der Waals surface area contributed by atoms with Gasteiger partial charge in [0.1, 0.15) is 22.8 Å². The zero-order chi connectivity index (χ0) is 24.6. The van der Waals surface area contributed by atoms with Gasteiger partial charge in [-0.15, -0.1) is 0 Å². The molecule has 0 amide bonds. The molecule has 5 N–H and O–H groups in total. The second-order valence-electron chi connectivity index (χ2n) is 9.37. The van der Waals surface area contributed by atoms with Crippen LogP contribution in [0.2, 0.25) is 0 Å². The van der Waals surface area contributed by atoms with Gasteiger partial charge in [-0.25, -0.2) is 0 Å². The number of ketones is 3. The summed E-state index contributed by atoms with van der Waals surface area (Å²) in [6.07, 6.45) is -0.289. The van der Waals surface area contributed by atoms with Crippen molar-refractivity contribution in [1.29, 1.82) is 0 Å². The van der Waals surface area contributed by atoms with Crippen LogP contribution < -0.4 is 0 Å². The molecule has 1 saturated carbocycles. The summed E-state index contributed by atoms with van der Waals surface area (Å²) in [5, 5.41) is 55.4. The van der Waals surface area contributed by atoms with E-state index < -0.39 is 63.5 Å². The fraction of sp³-hybridized carbons (Fsp3) is 0.458. The normalized spacial score (nSPS) is 33.7. The third-order valence-corrected chi connectivity index (χ3v) is 7.37. The minimum atomic E-state index is -2.67. The minimum Gasteiger partial charge on any atom is -0.508 e. The van der Waals surface area contributed by atoms with E-state index in [1.807, 2.05) is 0 Å². The first kappa shape index (κ1) is 23.2. The molecule has 3 aliphatic carbocycles. The van der Waals surface area contributed by atoms with Crippen LogP contribution in [-0.2, 0) is 20.0 Å². The van der Waals surface area contributed by atoms with E-state index in [-0.39, 0.29) is 35.3 Å². The second-order valence-corrected chi connectivity index (χ2v) is 9.37. The summed E-state index contributed by atoms with van der Waals surface area (Å²) in [5.41, 5.74) is -5.36. The number of phenols is 1. The fourth-order valence-corrected chi connectivity index (χ4v) is 5.71. The van der Waals surface area contributed by atoms with Crippen molar-refractivity contribution in [2.45, 2.75) is 43.9 Å². The zero-order valence-electron chi connectivity index (χ0n) is 18.8. The van der Waals surface area contributed by atoms with Gasteiger partial charge in [-0.05, 0) is 39.1 Å². The van der Waals surface area contributed by atoms with Gasteiger partial charge in [-0.3, -0.25) is 19.3 Å². The third kappa shape index (κ3) is 2.79. The first-order valence-electron chi connectivity index (χ1n) is 10.7. The van der Waals surface area contributed by atoms with E-state index in [0.717, 1.165) is 0 Å². The maximum Gasteiger partial charge on any atom is 0.202 e. The number of fused-ring (bicyclic) bond motifs is 3. The van der Waals surface area contributed by atoms with E-state index in [9.17, 15) is 39.9 Å². The molecular weight excluding hydrogens is 430 g/mol. The summed E-state index contributed by atoms with van der Waals surface area (Å²) in [4.78, 5) is 41.0. The van der Waals surface area contributed by atoms with E-state index >= 15 is 0 Å². The van der Waals surface area contributed by atoms with Gasteiger partial charge in [-0.1, -0.05) is 19.1 Å². The van der Waals surface area contributed by atoms with Crippen molar-refractivity contribution in [3.63, 3.8) is 0 Å². The number of carbonyl (C=O) groups is 3. The lowest BCUT2D eigenvalue weighted by molar-refractivity contribution is -0.159. The average molecular weight is 457 g/mol. The molecule has 0 spiro atoms. The number of aliphatic hydroxyl groups excluding tert-OH is 2. The van der Waals surface area contributed by atoms with Crippen LogP contribution in [-0.4, -0.2) is 73.5 Å². The van der Waals surface area contributed by atoms with Crippen LogP contribution in [0.1, 0.15) is 37.8 Å². The molecule has 0 saturated heterocycles. The van der Waals surface area contributed by atoms with Crippen molar-refractivity contribution < 1.29 is 39.9 Å². The van der Waals surface area contributed by atoms with Crippen molar-refractivity contribution in [2.75, 3.05) is 14.1 Å². The Morgan fingerprint density at radius 3 is 2.36 bits per heavy atom. The van der Waals surface area contributed by atoms with Crippen LogP contribution in [0.15, 0.2) is 35.1 Å². The molecule has 1 fully saturated rings. The Morgan fingerprint density at radius 1 is 1.15 bits per heavy atom. The number of rotatable bonds is 3. The highest BCUT2D eigenvalue weighted by Gasteiger charge is 2.66. The van der Waals surface area contributed by atoms with Crippen LogP contribution >= 0.6 is 0 Å². The Labute approximate surface area is 190 Å². The van der Waals surface area contributed by atoms with E-state index in [4.69, 9.17) is 0 Å². The van der Waals surface area contributed by atoms with Gasteiger partial charge >= 0.3 is 0 Å². The van der Waals surface area contributed by atoms with Crippen molar-refractivity contribution in [3.8, 4) is 5.75 Å². The molecular formula is C24H27NO8. The molecule has 5 atom stereocenters. The van der Waals surface area contributed by atoms with Crippen molar-refractivity contribution >= 4 is 23.1 Å². The zero-order valence-corrected chi connectivity index (χ0v) is 18.8. The molecule has 1 aromatic rings. The van der Waals surface area contributed by atoms with E-state index in [2.05, 4.69) is 0 Å². The van der Waals surface area contributed by atoms with Crippen LogP contribution in [0.4, 0.5) is 0 Å². The Bertz CT molecular complexity index is 1160. The van der Waals surface area contributed by atoms with Crippen LogP contribution in [0.25, 0.3) is 5.76 Å². The predicted octanol–water partition coefficient (Wildman–Crippen LogP) is 1.12. The standard InChI is InChI=1S/C24H27NO8/c1-5-13(26)17-20(29)18(25(3)4)12-9-11-16(21(30)24(12,33)22(17)31)19(28)15-10(23(11,2)32)7-6-8-14(15)27/h6-8,11-12,18,27-28,31-33H,5,9H2,1-4H3. The summed E-state index contributed by atoms with van der Waals surface area (Å²) in [7, 11) is 3.11. The number of carbonyl (C=O) groups excluding carboxylic acids is 3. The van der Waals surface area contributed by atoms with Crippen LogP contribution in [0, 0.1) is 11.8 Å². The lowest BCUT2D eigenvalue weighted by atomic mass is 9.54. The molecule has 0 heterocycles. The summed E-state index contributed by atoms with van der Waals surface area (Å²) >= 11 is 0. The Hall–Kier alpha value is -3.01. The lowest BCUT2D eigenvalue weighted by Gasteiger charge is -2.53. The Balaban J connectivity index is 2.04. The number of likely N-dealkylation sites (N-methyl/N-ethyl adjacent to an activating group) is 1. The summed E-state index contributed by atoms with van der Waals surface area (Å²) < 4.78 is 0. The van der Waals surface area contributed by atoms with E-state index in [1.165, 1.54) is 36.9 Å². The predicted molar refractivity (Wildman–Crippen MR) is 116 cm³/mol. The molecule has 0 aromatic heterocycles. The first-order valence-corrected chi connectivity index (χ1v) is 10.7. The highest BCUT2D eigenvalue weighted by molar-refractivity contribution is 6.25. The number of nitrogens with zero attached hydrogens (tertiary/aromatic N) is 1. The van der Waals surface area contributed by atoms with Gasteiger partial charge in [0.05, 0.1) is 17.2 Å². The van der Waals surface area contributed by atoms with Crippen LogP contribution in [0.3, 0.4) is 0 Å². The summed E-state index contributed by atoms with van der Waals surface area (Å²) in [6.45, 7) is 2.92. The molecule has 9 nitrogen and oxygen atoms in total. The highest BCUT2D eigenvalue weighted by Crippen LogP contribution is 2.57. The quantitative estimate of drug-likeness (QED) is 0.420. The molecule has 0 aliphatic heterocycles. The van der Waals surface area contributed by atoms with Gasteiger partial charge in [-0.2, -0.15) is 0 Å². The lowest BCUT2D eigenvalue weighted by Crippen LogP contribution is -2.66. The maximum absolute atomic E-state index is 13.8. The highest BCUT2D eigenvalue weighted by atomic mass is 16.3. The topological polar surface area (TPSA) is 156 Å². The SMILES string of the molecule is CCC(=O)C1=C(O)C2(O)C(=O)C3=C(O)c4c(O)cccc4C(C)(O)C3CC2C(N(C)C)C1=O. The van der Waals surface area contributed by atoms with Crippen molar-refractivity contribution in [2.24, 2.45) is 11.8 Å². The van der Waals surface area contributed by atoms with Gasteiger partial charge in [0, 0.05) is 23.8 Å². The largest absolute Gasteiger partial charge is 0.508 e. The monoisotopic (exact) mass is 457 g/mol. The van der Waals surface area contributed by atoms with Crippen molar-refractivity contribution in [1.82, 2.24) is 4.90 Å². The number of aromatic hydroxyl groups is 1. The van der Waals surface area contributed by atoms with Gasteiger partial charge in [0.25, 0.3) is 0 Å². The van der Waals surface area contributed by atoms with Crippen LogP contribution in [0.5, 0.6) is 5.75 Å². The number of phenolic OH excluding ortho intramolecular Hbond substituents is 1. The molecule has 5 unspecified atom stereocenters. The Morgan fingerprint density at radius 2 is 1.79 bits per heavy atom.